The Morgan fingerprint density at radius 3 is 2.87 bits per heavy atom. The van der Waals surface area contributed by atoms with Gasteiger partial charge in [-0.05, 0) is 19.8 Å². The molecule has 1 aliphatic carbocycles. The van der Waals surface area contributed by atoms with Crippen molar-refractivity contribution in [2.45, 2.75) is 38.0 Å². The van der Waals surface area contributed by atoms with Crippen LogP contribution in [0, 0.1) is 12.3 Å². The van der Waals surface area contributed by atoms with Crippen molar-refractivity contribution in [3.63, 3.8) is 0 Å². The first-order valence-corrected chi connectivity index (χ1v) is 5.17. The van der Waals surface area contributed by atoms with Gasteiger partial charge >= 0.3 is 0 Å². The highest BCUT2D eigenvalue weighted by atomic mass is 16.5. The molecule has 1 fully saturated rings. The van der Waals surface area contributed by atoms with Crippen LogP contribution in [-0.2, 0) is 9.53 Å². The first-order valence-electron chi connectivity index (χ1n) is 5.17. The van der Waals surface area contributed by atoms with E-state index in [0.717, 1.165) is 12.8 Å². The quantitative estimate of drug-likeness (QED) is 0.623. The lowest BCUT2D eigenvalue weighted by Crippen LogP contribution is -2.52. The minimum absolute atomic E-state index is 0.0474. The number of hydrogen-bond acceptors (Lipinski definition) is 3. The maximum atomic E-state index is 11.4. The highest BCUT2D eigenvalue weighted by Crippen LogP contribution is 2.22. The molecule has 1 rings (SSSR count). The van der Waals surface area contributed by atoms with Gasteiger partial charge in [0.25, 0.3) is 0 Å². The van der Waals surface area contributed by atoms with Crippen molar-refractivity contribution in [2.24, 2.45) is 0 Å². The Morgan fingerprint density at radius 2 is 2.33 bits per heavy atom. The fourth-order valence-corrected chi connectivity index (χ4v) is 1.61. The summed E-state index contributed by atoms with van der Waals surface area (Å²) in [7, 11) is 1.71. The van der Waals surface area contributed by atoms with Gasteiger partial charge in [0.2, 0.25) is 5.91 Å². The molecule has 0 aliphatic heterocycles. The second kappa shape index (κ2) is 5.74. The predicted molar refractivity (Wildman–Crippen MR) is 58.3 cm³/mol. The van der Waals surface area contributed by atoms with Gasteiger partial charge in [-0.1, -0.05) is 5.92 Å². The molecule has 0 aromatic carbocycles. The number of carbonyl (C=O) groups is 1. The maximum Gasteiger partial charge on any atom is 0.237 e. The molecule has 0 saturated heterocycles. The third-order valence-electron chi connectivity index (χ3n) is 2.67. The van der Waals surface area contributed by atoms with Crippen LogP contribution >= 0.6 is 0 Å². The van der Waals surface area contributed by atoms with Gasteiger partial charge in [0.15, 0.2) is 0 Å². The van der Waals surface area contributed by atoms with E-state index in [4.69, 9.17) is 11.2 Å². The summed E-state index contributed by atoms with van der Waals surface area (Å²) in [4.78, 5) is 11.4. The van der Waals surface area contributed by atoms with Gasteiger partial charge in [0, 0.05) is 13.2 Å². The Kier molecular flexibility index (Phi) is 4.60. The third-order valence-corrected chi connectivity index (χ3v) is 2.67. The van der Waals surface area contributed by atoms with Crippen molar-refractivity contribution in [3.8, 4) is 12.3 Å². The van der Waals surface area contributed by atoms with Crippen molar-refractivity contribution in [1.82, 2.24) is 10.6 Å². The number of rotatable bonds is 5. The van der Waals surface area contributed by atoms with E-state index in [1.807, 2.05) is 6.92 Å². The molecule has 1 aliphatic rings. The van der Waals surface area contributed by atoms with Crippen LogP contribution in [-0.4, -0.2) is 37.7 Å². The van der Waals surface area contributed by atoms with Crippen molar-refractivity contribution in [2.75, 3.05) is 13.7 Å². The molecule has 1 saturated carbocycles. The topological polar surface area (TPSA) is 50.4 Å². The molecule has 15 heavy (non-hydrogen) atoms. The molecule has 1 amide bonds. The lowest BCUT2D eigenvalue weighted by Gasteiger charge is -2.36. The second-order valence-electron chi connectivity index (χ2n) is 3.84. The Bertz CT molecular complexity index is 254. The van der Waals surface area contributed by atoms with E-state index >= 15 is 0 Å². The Balaban J connectivity index is 2.16. The van der Waals surface area contributed by atoms with Crippen LogP contribution in [0.4, 0.5) is 0 Å². The van der Waals surface area contributed by atoms with Gasteiger partial charge in [-0.25, -0.2) is 0 Å². The van der Waals surface area contributed by atoms with Crippen LogP contribution in [0.15, 0.2) is 0 Å². The van der Waals surface area contributed by atoms with Crippen LogP contribution in [0.5, 0.6) is 0 Å². The van der Waals surface area contributed by atoms with E-state index in [1.54, 1.807) is 7.11 Å². The summed E-state index contributed by atoms with van der Waals surface area (Å²) in [6.45, 7) is 2.13. The van der Waals surface area contributed by atoms with Crippen molar-refractivity contribution >= 4 is 5.91 Å². The van der Waals surface area contributed by atoms with Crippen molar-refractivity contribution < 1.29 is 9.53 Å². The van der Waals surface area contributed by atoms with E-state index in [9.17, 15) is 4.79 Å². The minimum atomic E-state index is -0.193. The Labute approximate surface area is 90.8 Å². The largest absolute Gasteiger partial charge is 0.381 e. The van der Waals surface area contributed by atoms with E-state index in [0.29, 0.717) is 12.1 Å². The molecule has 84 valence electrons. The number of amides is 1. The number of nitrogens with one attached hydrogen (secondary N) is 2. The molecule has 0 radical (unpaired) electrons. The zero-order valence-electron chi connectivity index (χ0n) is 9.25. The Morgan fingerprint density at radius 1 is 1.67 bits per heavy atom. The van der Waals surface area contributed by atoms with Gasteiger partial charge in [-0.3, -0.25) is 4.79 Å². The molecule has 0 spiro atoms. The Hall–Kier alpha value is -1.05. The summed E-state index contributed by atoms with van der Waals surface area (Å²) in [6, 6.07) is 0.197. The summed E-state index contributed by atoms with van der Waals surface area (Å²) in [5.74, 6) is 2.32. The van der Waals surface area contributed by atoms with Crippen LogP contribution in [0.3, 0.4) is 0 Å². The summed E-state index contributed by atoms with van der Waals surface area (Å²) in [5.41, 5.74) is 0. The van der Waals surface area contributed by atoms with E-state index < -0.39 is 0 Å². The number of methoxy groups -OCH3 is 1. The summed E-state index contributed by atoms with van der Waals surface area (Å²) in [5, 5.41) is 5.87. The van der Waals surface area contributed by atoms with Gasteiger partial charge < -0.3 is 15.4 Å². The highest BCUT2D eigenvalue weighted by Gasteiger charge is 2.30. The molecular weight excluding hydrogens is 192 g/mol. The minimum Gasteiger partial charge on any atom is -0.381 e. The third kappa shape index (κ3) is 3.54. The van der Waals surface area contributed by atoms with E-state index in [1.165, 1.54) is 0 Å². The van der Waals surface area contributed by atoms with Crippen molar-refractivity contribution in [3.05, 3.63) is 0 Å². The molecule has 0 bridgehead atoms. The normalized spacial score (nSPS) is 26.2. The molecule has 2 N–H and O–H groups in total. The molecule has 1 unspecified atom stereocenters. The number of carbonyl (C=O) groups excluding carboxylic acids is 1. The molecule has 4 heteroatoms. The van der Waals surface area contributed by atoms with E-state index in [-0.39, 0.29) is 18.5 Å². The lowest BCUT2D eigenvalue weighted by atomic mass is 9.88. The molecule has 4 nitrogen and oxygen atoms in total. The first-order chi connectivity index (χ1) is 7.17. The predicted octanol–water partition coefficient (Wildman–Crippen LogP) is -0.109. The van der Waals surface area contributed by atoms with Gasteiger partial charge in [-0.15, -0.1) is 6.42 Å². The lowest BCUT2D eigenvalue weighted by molar-refractivity contribution is -0.123. The highest BCUT2D eigenvalue weighted by molar-refractivity contribution is 5.81. The molecule has 0 heterocycles. The monoisotopic (exact) mass is 210 g/mol. The van der Waals surface area contributed by atoms with Gasteiger partial charge in [0.05, 0.1) is 18.7 Å². The van der Waals surface area contributed by atoms with Crippen LogP contribution < -0.4 is 10.6 Å². The van der Waals surface area contributed by atoms with Crippen molar-refractivity contribution in [1.29, 1.82) is 0 Å². The van der Waals surface area contributed by atoms with Gasteiger partial charge in [0.1, 0.15) is 0 Å². The molecular formula is C11H18N2O2. The zero-order valence-corrected chi connectivity index (χ0v) is 9.25. The SMILES string of the molecule is C#CCNC(=O)C(C)NC1CC(OC)C1. The van der Waals surface area contributed by atoms with E-state index in [2.05, 4.69) is 16.6 Å². The smallest absolute Gasteiger partial charge is 0.237 e. The second-order valence-corrected chi connectivity index (χ2v) is 3.84. The average molecular weight is 210 g/mol. The average Bonchev–Trinajstić information content (AvgIpc) is 2.18. The molecule has 1 atom stereocenters. The summed E-state index contributed by atoms with van der Waals surface area (Å²) < 4.78 is 5.16. The van der Waals surface area contributed by atoms with Crippen LogP contribution in [0.1, 0.15) is 19.8 Å². The number of ether oxygens (including phenoxy) is 1. The summed E-state index contributed by atoms with van der Waals surface area (Å²) in [6.07, 6.45) is 7.35. The molecule has 0 aromatic heterocycles. The fraction of sp³-hybridized carbons (Fsp3) is 0.727. The number of hydrogen-bond donors (Lipinski definition) is 2. The van der Waals surface area contributed by atoms with Gasteiger partial charge in [-0.2, -0.15) is 0 Å². The van der Waals surface area contributed by atoms with Crippen LogP contribution in [0.25, 0.3) is 0 Å². The standard InChI is InChI=1S/C11H18N2O2/c1-4-5-12-11(14)8(2)13-9-6-10(7-9)15-3/h1,8-10,13H,5-7H2,2-3H3,(H,12,14). The maximum absolute atomic E-state index is 11.4. The summed E-state index contributed by atoms with van der Waals surface area (Å²) >= 11 is 0. The first kappa shape index (κ1) is 12.0. The fourth-order valence-electron chi connectivity index (χ4n) is 1.61. The molecule has 0 aromatic rings. The number of terminal acetylenes is 1. The van der Waals surface area contributed by atoms with Crippen LogP contribution in [0.2, 0.25) is 0 Å². The zero-order chi connectivity index (χ0) is 11.3.